The van der Waals surface area contributed by atoms with Crippen molar-refractivity contribution >= 4 is 33.2 Å². The maximum absolute atomic E-state index is 13.6. The van der Waals surface area contributed by atoms with Crippen LogP contribution >= 0.6 is 15.9 Å². The Kier molecular flexibility index (Phi) is 3.66. The number of aromatic nitrogens is 2. The summed E-state index contributed by atoms with van der Waals surface area (Å²) in [5.41, 5.74) is 0.781. The summed E-state index contributed by atoms with van der Waals surface area (Å²) in [6, 6.07) is 6.92. The Balaban J connectivity index is 2.06. The van der Waals surface area contributed by atoms with Crippen molar-refractivity contribution < 1.29 is 13.6 Å². The van der Waals surface area contributed by atoms with E-state index in [1.807, 2.05) is 0 Å². The number of benzene rings is 1. The zero-order valence-corrected chi connectivity index (χ0v) is 13.0. The second-order valence-corrected chi connectivity index (χ2v) is 5.59. The Morgan fingerprint density at radius 2 is 1.91 bits per heavy atom. The van der Waals surface area contributed by atoms with Gasteiger partial charge in [0.25, 0.3) is 5.91 Å². The fraction of sp³-hybridized carbons (Fsp3) is 0.0667. The minimum absolute atomic E-state index is 0.221. The molecular formula is C15H10BrF2N3O. The first-order chi connectivity index (χ1) is 10.5. The van der Waals surface area contributed by atoms with Crippen LogP contribution in [0.1, 0.15) is 16.2 Å². The van der Waals surface area contributed by atoms with Gasteiger partial charge in [-0.1, -0.05) is 6.07 Å². The normalized spacial score (nSPS) is 10.9. The number of fused-ring (bicyclic) bond motifs is 1. The van der Waals surface area contributed by atoms with Crippen molar-refractivity contribution in [2.75, 3.05) is 5.32 Å². The molecule has 0 saturated heterocycles. The van der Waals surface area contributed by atoms with Crippen LogP contribution in [0.2, 0.25) is 0 Å². The molecule has 7 heteroatoms. The molecular weight excluding hydrogens is 356 g/mol. The minimum Gasteiger partial charge on any atom is -0.316 e. The first kappa shape index (κ1) is 14.6. The number of aryl methyl sites for hydroxylation is 1. The van der Waals surface area contributed by atoms with Gasteiger partial charge in [-0.05, 0) is 47.1 Å². The van der Waals surface area contributed by atoms with Crippen LogP contribution in [0.15, 0.2) is 41.0 Å². The number of para-hydroxylation sites is 1. The van der Waals surface area contributed by atoms with Crippen LogP contribution in [0.25, 0.3) is 5.65 Å². The van der Waals surface area contributed by atoms with Gasteiger partial charge in [-0.2, -0.15) is 0 Å². The van der Waals surface area contributed by atoms with Crippen molar-refractivity contribution in [1.29, 1.82) is 0 Å². The standard InChI is InChI=1S/C15H10BrF2N3O/c1-8-14(21-7-9(16)5-6-12(21)19-8)15(22)20-13-10(17)3-2-4-11(13)18/h2-7H,1H3,(H,20,22). The van der Waals surface area contributed by atoms with E-state index in [1.165, 1.54) is 6.07 Å². The minimum atomic E-state index is -0.832. The van der Waals surface area contributed by atoms with Crippen LogP contribution in [-0.2, 0) is 0 Å². The molecule has 2 aromatic heterocycles. The van der Waals surface area contributed by atoms with Crippen molar-refractivity contribution in [3.05, 3.63) is 64.0 Å². The van der Waals surface area contributed by atoms with Crippen molar-refractivity contribution in [2.45, 2.75) is 6.92 Å². The number of nitrogens with zero attached hydrogens (tertiary/aromatic N) is 2. The highest BCUT2D eigenvalue weighted by Gasteiger charge is 2.19. The molecule has 4 nitrogen and oxygen atoms in total. The van der Waals surface area contributed by atoms with Gasteiger partial charge in [0.05, 0.1) is 5.69 Å². The lowest BCUT2D eigenvalue weighted by Crippen LogP contribution is -2.17. The molecule has 0 fully saturated rings. The van der Waals surface area contributed by atoms with Crippen LogP contribution in [-0.4, -0.2) is 15.3 Å². The molecule has 3 aromatic rings. The lowest BCUT2D eigenvalue weighted by atomic mass is 10.2. The van der Waals surface area contributed by atoms with Crippen LogP contribution in [0.4, 0.5) is 14.5 Å². The molecule has 0 aliphatic carbocycles. The average molecular weight is 366 g/mol. The SMILES string of the molecule is Cc1nc2ccc(Br)cn2c1C(=O)Nc1c(F)cccc1F. The number of imidazole rings is 1. The molecule has 0 bridgehead atoms. The number of carbonyl (C=O) groups excluding carboxylic acids is 1. The summed E-state index contributed by atoms with van der Waals surface area (Å²) in [5, 5.41) is 2.27. The van der Waals surface area contributed by atoms with Gasteiger partial charge < -0.3 is 5.32 Å². The molecule has 112 valence electrons. The van der Waals surface area contributed by atoms with Gasteiger partial charge in [0, 0.05) is 10.7 Å². The third-order valence-electron chi connectivity index (χ3n) is 3.17. The molecule has 22 heavy (non-hydrogen) atoms. The van der Waals surface area contributed by atoms with E-state index in [9.17, 15) is 13.6 Å². The van der Waals surface area contributed by atoms with Gasteiger partial charge in [0.15, 0.2) is 0 Å². The molecule has 0 saturated carbocycles. The molecule has 0 atom stereocenters. The predicted molar refractivity (Wildman–Crippen MR) is 81.9 cm³/mol. The summed E-state index contributed by atoms with van der Waals surface area (Å²) < 4.78 is 29.6. The molecule has 0 unspecified atom stereocenters. The van der Waals surface area contributed by atoms with E-state index in [2.05, 4.69) is 26.2 Å². The number of anilines is 1. The molecule has 2 heterocycles. The van der Waals surface area contributed by atoms with Gasteiger partial charge in [-0.25, -0.2) is 13.8 Å². The Hall–Kier alpha value is -2.28. The quantitative estimate of drug-likeness (QED) is 0.747. The van der Waals surface area contributed by atoms with Gasteiger partial charge >= 0.3 is 0 Å². The maximum Gasteiger partial charge on any atom is 0.274 e. The summed E-state index contributed by atoms with van der Waals surface area (Å²) in [5.74, 6) is -2.30. The summed E-state index contributed by atoms with van der Waals surface area (Å²) in [6.07, 6.45) is 1.67. The van der Waals surface area contributed by atoms with Gasteiger partial charge in [0.1, 0.15) is 28.7 Å². The number of carbonyl (C=O) groups is 1. The first-order valence-corrected chi connectivity index (χ1v) is 7.16. The lowest BCUT2D eigenvalue weighted by Gasteiger charge is -2.08. The number of rotatable bonds is 2. The Bertz CT molecular complexity index is 872. The van der Waals surface area contributed by atoms with E-state index in [1.54, 1.807) is 29.7 Å². The lowest BCUT2D eigenvalue weighted by molar-refractivity contribution is 0.101. The monoisotopic (exact) mass is 365 g/mol. The zero-order chi connectivity index (χ0) is 15.9. The van der Waals surface area contributed by atoms with Crippen LogP contribution in [0.5, 0.6) is 0 Å². The predicted octanol–water partition coefficient (Wildman–Crippen LogP) is 3.94. The highest BCUT2D eigenvalue weighted by atomic mass is 79.9. The molecule has 0 aliphatic heterocycles. The van der Waals surface area contributed by atoms with Gasteiger partial charge in [-0.3, -0.25) is 9.20 Å². The molecule has 1 N–H and O–H groups in total. The molecule has 0 spiro atoms. The number of nitrogens with one attached hydrogen (secondary N) is 1. The third-order valence-corrected chi connectivity index (χ3v) is 3.64. The largest absolute Gasteiger partial charge is 0.316 e. The summed E-state index contributed by atoms with van der Waals surface area (Å²) in [7, 11) is 0. The smallest absolute Gasteiger partial charge is 0.274 e. The van der Waals surface area contributed by atoms with Crippen molar-refractivity contribution in [1.82, 2.24) is 9.38 Å². The molecule has 0 aliphatic rings. The highest BCUT2D eigenvalue weighted by molar-refractivity contribution is 9.10. The highest BCUT2D eigenvalue weighted by Crippen LogP contribution is 2.21. The maximum atomic E-state index is 13.6. The van der Waals surface area contributed by atoms with Crippen LogP contribution < -0.4 is 5.32 Å². The first-order valence-electron chi connectivity index (χ1n) is 6.37. The average Bonchev–Trinajstić information content (AvgIpc) is 2.78. The number of hydrogen-bond donors (Lipinski definition) is 1. The second kappa shape index (κ2) is 5.49. The fourth-order valence-corrected chi connectivity index (χ4v) is 2.54. The van der Waals surface area contributed by atoms with Crippen molar-refractivity contribution in [3.63, 3.8) is 0 Å². The Morgan fingerprint density at radius 1 is 1.23 bits per heavy atom. The van der Waals surface area contributed by atoms with Crippen LogP contribution in [0, 0.1) is 18.6 Å². The van der Waals surface area contributed by atoms with Gasteiger partial charge in [-0.15, -0.1) is 0 Å². The van der Waals surface area contributed by atoms with Gasteiger partial charge in [0.2, 0.25) is 0 Å². The Morgan fingerprint density at radius 3 is 2.59 bits per heavy atom. The van der Waals surface area contributed by atoms with E-state index in [0.29, 0.717) is 11.3 Å². The van der Waals surface area contributed by atoms with E-state index in [0.717, 1.165) is 16.6 Å². The molecule has 1 aromatic carbocycles. The second-order valence-electron chi connectivity index (χ2n) is 4.67. The molecule has 0 radical (unpaired) electrons. The third kappa shape index (κ3) is 2.48. The van der Waals surface area contributed by atoms with E-state index in [4.69, 9.17) is 0 Å². The number of amides is 1. The van der Waals surface area contributed by atoms with E-state index >= 15 is 0 Å². The summed E-state index contributed by atoms with van der Waals surface area (Å²) in [4.78, 5) is 16.7. The topological polar surface area (TPSA) is 46.4 Å². The molecule has 3 rings (SSSR count). The number of hydrogen-bond acceptors (Lipinski definition) is 2. The van der Waals surface area contributed by atoms with E-state index < -0.39 is 23.2 Å². The van der Waals surface area contributed by atoms with Crippen molar-refractivity contribution in [3.8, 4) is 0 Å². The van der Waals surface area contributed by atoms with E-state index in [-0.39, 0.29) is 5.69 Å². The van der Waals surface area contributed by atoms with Crippen molar-refractivity contribution in [2.24, 2.45) is 0 Å². The number of halogens is 3. The molecule has 1 amide bonds. The summed E-state index contributed by atoms with van der Waals surface area (Å²) in [6.45, 7) is 1.66. The zero-order valence-electron chi connectivity index (χ0n) is 11.4. The Labute approximate surface area is 132 Å². The summed E-state index contributed by atoms with van der Waals surface area (Å²) >= 11 is 3.31. The fourth-order valence-electron chi connectivity index (χ4n) is 2.20. The number of pyridine rings is 1. The van der Waals surface area contributed by atoms with Crippen LogP contribution in [0.3, 0.4) is 0 Å².